The molecule has 2 heteroatoms. The van der Waals surface area contributed by atoms with Crippen molar-refractivity contribution < 1.29 is 4.79 Å². The van der Waals surface area contributed by atoms with E-state index in [9.17, 15) is 4.79 Å². The molecule has 0 atom stereocenters. The van der Waals surface area contributed by atoms with Gasteiger partial charge in [0, 0.05) is 5.92 Å². The molecule has 0 saturated heterocycles. The molecule has 1 aliphatic rings. The topological polar surface area (TPSA) is 17.1 Å². The molecule has 0 bridgehead atoms. The molecule has 0 unspecified atom stereocenters. The van der Waals surface area contributed by atoms with E-state index in [2.05, 4.69) is 0 Å². The van der Waals surface area contributed by atoms with Gasteiger partial charge in [0.2, 0.25) is 5.24 Å². The van der Waals surface area contributed by atoms with Gasteiger partial charge in [-0.05, 0) is 24.4 Å². The van der Waals surface area contributed by atoms with E-state index in [0.717, 1.165) is 12.8 Å². The number of carbonyl (C=O) groups excluding carboxylic acids is 1. The minimum Gasteiger partial charge on any atom is -0.281 e. The van der Waals surface area contributed by atoms with Gasteiger partial charge >= 0.3 is 0 Å². The highest BCUT2D eigenvalue weighted by molar-refractivity contribution is 6.63. The van der Waals surface area contributed by atoms with Crippen LogP contribution in [0.4, 0.5) is 0 Å². The van der Waals surface area contributed by atoms with Gasteiger partial charge in [0.25, 0.3) is 0 Å². The van der Waals surface area contributed by atoms with Crippen molar-refractivity contribution in [3.05, 3.63) is 0 Å². The maximum atomic E-state index is 10.8. The Balaban J connectivity index is 2.32. The Bertz CT molecular complexity index is 126. The second-order valence-electron chi connectivity index (χ2n) is 3.35. The molecule has 1 rings (SSSR count). The summed E-state index contributed by atoms with van der Waals surface area (Å²) in [5.74, 6) is 0.164. The molecule has 0 heterocycles. The molecular weight excluding hydrogens is 160 g/mol. The number of rotatable bonds is 1. The summed E-state index contributed by atoms with van der Waals surface area (Å²) < 4.78 is 0. The van der Waals surface area contributed by atoms with E-state index in [1.54, 1.807) is 0 Å². The lowest BCUT2D eigenvalue weighted by Crippen LogP contribution is -2.10. The molecule has 11 heavy (non-hydrogen) atoms. The summed E-state index contributed by atoms with van der Waals surface area (Å²) in [7, 11) is 0. The Kier molecular flexibility index (Phi) is 3.92. The summed E-state index contributed by atoms with van der Waals surface area (Å²) in [6, 6.07) is 0. The average molecular weight is 175 g/mol. The molecule has 0 aromatic carbocycles. The fourth-order valence-corrected chi connectivity index (χ4v) is 1.90. The van der Waals surface area contributed by atoms with Gasteiger partial charge in [-0.3, -0.25) is 4.79 Å². The lowest BCUT2D eigenvalue weighted by atomic mass is 9.92. The molecule has 1 aliphatic carbocycles. The quantitative estimate of drug-likeness (QED) is 0.559. The molecule has 0 spiro atoms. The van der Waals surface area contributed by atoms with Crippen LogP contribution in [0.1, 0.15) is 44.9 Å². The zero-order chi connectivity index (χ0) is 8.10. The van der Waals surface area contributed by atoms with Crippen molar-refractivity contribution in [3.8, 4) is 0 Å². The molecule has 1 fully saturated rings. The van der Waals surface area contributed by atoms with Crippen LogP contribution >= 0.6 is 11.6 Å². The van der Waals surface area contributed by atoms with Gasteiger partial charge in [-0.15, -0.1) is 0 Å². The Morgan fingerprint density at radius 3 is 1.91 bits per heavy atom. The van der Waals surface area contributed by atoms with Gasteiger partial charge in [0.15, 0.2) is 0 Å². The van der Waals surface area contributed by atoms with Crippen molar-refractivity contribution in [2.75, 3.05) is 0 Å². The van der Waals surface area contributed by atoms with Gasteiger partial charge in [0.1, 0.15) is 0 Å². The monoisotopic (exact) mass is 174 g/mol. The third kappa shape index (κ3) is 3.24. The highest BCUT2D eigenvalue weighted by atomic mass is 35.5. The molecule has 0 aromatic rings. The van der Waals surface area contributed by atoms with Crippen LogP contribution in [0, 0.1) is 5.92 Å². The maximum Gasteiger partial charge on any atom is 0.224 e. The first kappa shape index (κ1) is 9.05. The minimum absolute atomic E-state index is 0.119. The summed E-state index contributed by atoms with van der Waals surface area (Å²) >= 11 is 5.44. The molecule has 64 valence electrons. The van der Waals surface area contributed by atoms with Crippen molar-refractivity contribution in [2.45, 2.75) is 44.9 Å². The van der Waals surface area contributed by atoms with Gasteiger partial charge in [-0.1, -0.05) is 32.1 Å². The predicted octanol–water partition coefficient (Wildman–Crippen LogP) is 3.11. The summed E-state index contributed by atoms with van der Waals surface area (Å²) in [6.07, 6.45) is 8.29. The highest BCUT2D eigenvalue weighted by Crippen LogP contribution is 2.23. The molecule has 1 nitrogen and oxygen atoms in total. The van der Waals surface area contributed by atoms with Crippen LogP contribution in [-0.2, 0) is 4.79 Å². The lowest BCUT2D eigenvalue weighted by molar-refractivity contribution is -0.115. The fraction of sp³-hybridized carbons (Fsp3) is 0.889. The Hall–Kier alpha value is -0.0400. The van der Waals surface area contributed by atoms with E-state index >= 15 is 0 Å². The minimum atomic E-state index is -0.119. The van der Waals surface area contributed by atoms with Crippen LogP contribution in [-0.4, -0.2) is 5.24 Å². The van der Waals surface area contributed by atoms with E-state index < -0.39 is 0 Å². The smallest absolute Gasteiger partial charge is 0.224 e. The molecule has 0 amide bonds. The third-order valence-corrected chi connectivity index (χ3v) is 2.73. The Morgan fingerprint density at radius 1 is 1.00 bits per heavy atom. The van der Waals surface area contributed by atoms with Crippen LogP contribution in [0.25, 0.3) is 0 Å². The van der Waals surface area contributed by atoms with Gasteiger partial charge in [-0.2, -0.15) is 0 Å². The maximum absolute atomic E-state index is 10.8. The third-order valence-electron chi connectivity index (χ3n) is 2.43. The van der Waals surface area contributed by atoms with E-state index in [-0.39, 0.29) is 11.2 Å². The molecule has 0 aromatic heterocycles. The van der Waals surface area contributed by atoms with Crippen LogP contribution in [0.15, 0.2) is 0 Å². The Labute approximate surface area is 73.1 Å². The molecule has 0 aliphatic heterocycles. The van der Waals surface area contributed by atoms with Gasteiger partial charge < -0.3 is 0 Å². The molecule has 0 radical (unpaired) electrons. The number of carbonyl (C=O) groups is 1. The van der Waals surface area contributed by atoms with Crippen LogP contribution in [0.2, 0.25) is 0 Å². The lowest BCUT2D eigenvalue weighted by Gasteiger charge is -2.14. The van der Waals surface area contributed by atoms with Crippen molar-refractivity contribution in [1.29, 1.82) is 0 Å². The normalized spacial score (nSPS) is 22.3. The van der Waals surface area contributed by atoms with Crippen LogP contribution in [0.3, 0.4) is 0 Å². The van der Waals surface area contributed by atoms with E-state index in [4.69, 9.17) is 11.6 Å². The summed E-state index contributed by atoms with van der Waals surface area (Å²) in [6.45, 7) is 0. The molecule has 0 N–H and O–H groups in total. The van der Waals surface area contributed by atoms with Crippen molar-refractivity contribution in [3.63, 3.8) is 0 Å². The first-order chi connectivity index (χ1) is 5.30. The highest BCUT2D eigenvalue weighted by Gasteiger charge is 2.16. The van der Waals surface area contributed by atoms with Crippen LogP contribution < -0.4 is 0 Å². The van der Waals surface area contributed by atoms with Crippen molar-refractivity contribution in [1.82, 2.24) is 0 Å². The first-order valence-corrected chi connectivity index (χ1v) is 4.88. The first-order valence-electron chi connectivity index (χ1n) is 4.50. The average Bonchev–Trinajstić information content (AvgIpc) is 1.84. The standard InChI is InChI=1S/C9H15ClO/c10-9(11)8-6-4-2-1-3-5-7-8/h8H,1-7H2. The fourth-order valence-electron chi connectivity index (χ4n) is 1.68. The van der Waals surface area contributed by atoms with Crippen molar-refractivity contribution >= 4 is 16.8 Å². The van der Waals surface area contributed by atoms with E-state index in [1.807, 2.05) is 0 Å². The van der Waals surface area contributed by atoms with Gasteiger partial charge in [-0.25, -0.2) is 0 Å². The molecule has 1 saturated carbocycles. The largest absolute Gasteiger partial charge is 0.281 e. The van der Waals surface area contributed by atoms with E-state index in [1.165, 1.54) is 32.1 Å². The number of halogens is 1. The molecular formula is C9H15ClO. The van der Waals surface area contributed by atoms with E-state index in [0.29, 0.717) is 0 Å². The Morgan fingerprint density at radius 2 is 1.45 bits per heavy atom. The second-order valence-corrected chi connectivity index (χ2v) is 3.72. The summed E-state index contributed by atoms with van der Waals surface area (Å²) in [5, 5.41) is -0.119. The second kappa shape index (κ2) is 4.76. The summed E-state index contributed by atoms with van der Waals surface area (Å²) in [5.41, 5.74) is 0. The predicted molar refractivity (Wildman–Crippen MR) is 46.7 cm³/mol. The van der Waals surface area contributed by atoms with Crippen LogP contribution in [0.5, 0.6) is 0 Å². The number of hydrogen-bond acceptors (Lipinski definition) is 1. The van der Waals surface area contributed by atoms with Crippen molar-refractivity contribution in [2.24, 2.45) is 5.92 Å². The summed E-state index contributed by atoms with van der Waals surface area (Å²) in [4.78, 5) is 10.8. The van der Waals surface area contributed by atoms with Gasteiger partial charge in [0.05, 0.1) is 0 Å². The zero-order valence-electron chi connectivity index (χ0n) is 6.81. The zero-order valence-corrected chi connectivity index (χ0v) is 7.57. The SMILES string of the molecule is O=C(Cl)C1CCCCCCC1. The number of hydrogen-bond donors (Lipinski definition) is 0.